The number of anilines is 1. The van der Waals surface area contributed by atoms with Crippen LogP contribution in [0.25, 0.3) is 10.2 Å². The molecular weight excluding hydrogens is 410 g/mol. The van der Waals surface area contributed by atoms with Gasteiger partial charge in [0.25, 0.3) is 0 Å². The molecule has 0 aliphatic rings. The fourth-order valence-corrected chi connectivity index (χ4v) is 4.48. The highest BCUT2D eigenvalue weighted by Gasteiger charge is 2.21. The van der Waals surface area contributed by atoms with E-state index in [1.807, 2.05) is 0 Å². The minimum Gasteiger partial charge on any atom is -0.301 e. The number of sulfone groups is 1. The summed E-state index contributed by atoms with van der Waals surface area (Å²) in [5.41, 5.74) is 0.427. The Morgan fingerprint density at radius 3 is 2.52 bits per heavy atom. The second kappa shape index (κ2) is 6.87. The SMILES string of the molecule is O=C(CS(=O)(=O)c1ccc(F)cc1)Nc1nc2c(Cl)c(Cl)ccc2s1. The van der Waals surface area contributed by atoms with Gasteiger partial charge in [0, 0.05) is 0 Å². The molecule has 0 fully saturated rings. The van der Waals surface area contributed by atoms with E-state index in [2.05, 4.69) is 10.3 Å². The van der Waals surface area contributed by atoms with Crippen LogP contribution < -0.4 is 5.32 Å². The Bertz CT molecular complexity index is 1070. The fraction of sp³-hybridized carbons (Fsp3) is 0.0667. The number of hydrogen-bond acceptors (Lipinski definition) is 5. The van der Waals surface area contributed by atoms with Crippen molar-refractivity contribution < 1.29 is 17.6 Å². The number of benzene rings is 2. The number of rotatable bonds is 4. The zero-order valence-electron chi connectivity index (χ0n) is 12.3. The van der Waals surface area contributed by atoms with Gasteiger partial charge in [-0.25, -0.2) is 17.8 Å². The van der Waals surface area contributed by atoms with E-state index in [4.69, 9.17) is 23.2 Å². The lowest BCUT2D eigenvalue weighted by Crippen LogP contribution is -2.22. The zero-order valence-corrected chi connectivity index (χ0v) is 15.4. The molecule has 0 radical (unpaired) electrons. The number of thiazole rings is 1. The van der Waals surface area contributed by atoms with Gasteiger partial charge in [0.1, 0.15) is 17.1 Å². The minimum absolute atomic E-state index is 0.136. The maximum atomic E-state index is 12.9. The van der Waals surface area contributed by atoms with E-state index < -0.39 is 27.3 Å². The van der Waals surface area contributed by atoms with Crippen molar-refractivity contribution in [3.8, 4) is 0 Å². The van der Waals surface area contributed by atoms with Gasteiger partial charge >= 0.3 is 0 Å². The maximum absolute atomic E-state index is 12.9. The fourth-order valence-electron chi connectivity index (χ4n) is 2.04. The zero-order chi connectivity index (χ0) is 18.2. The molecule has 1 aromatic heterocycles. The Hall–Kier alpha value is -1.74. The molecule has 0 unspecified atom stereocenters. The first-order chi connectivity index (χ1) is 11.8. The van der Waals surface area contributed by atoms with Gasteiger partial charge in [-0.15, -0.1) is 0 Å². The quantitative estimate of drug-likeness (QED) is 0.645. The van der Waals surface area contributed by atoms with E-state index in [0.717, 1.165) is 35.6 Å². The summed E-state index contributed by atoms with van der Waals surface area (Å²) in [6, 6.07) is 7.56. The predicted octanol–water partition coefficient (Wildman–Crippen LogP) is 4.15. The number of carbonyl (C=O) groups is 1. The monoisotopic (exact) mass is 418 g/mol. The number of nitrogens with one attached hydrogen (secondary N) is 1. The Morgan fingerprint density at radius 1 is 1.16 bits per heavy atom. The van der Waals surface area contributed by atoms with Gasteiger partial charge in [-0.2, -0.15) is 0 Å². The number of aromatic nitrogens is 1. The van der Waals surface area contributed by atoms with Crippen LogP contribution in [0.2, 0.25) is 10.0 Å². The molecule has 0 aliphatic carbocycles. The number of halogens is 3. The lowest BCUT2D eigenvalue weighted by atomic mass is 10.3. The Morgan fingerprint density at radius 2 is 1.84 bits per heavy atom. The van der Waals surface area contributed by atoms with Crippen molar-refractivity contribution in [3.63, 3.8) is 0 Å². The number of nitrogens with zero attached hydrogens (tertiary/aromatic N) is 1. The molecule has 1 heterocycles. The van der Waals surface area contributed by atoms with Gasteiger partial charge in [-0.05, 0) is 36.4 Å². The van der Waals surface area contributed by atoms with E-state index in [0.29, 0.717) is 15.2 Å². The van der Waals surface area contributed by atoms with Gasteiger partial charge in [0.15, 0.2) is 15.0 Å². The third-order valence-corrected chi connectivity index (χ3v) is 6.56. The Kier molecular flexibility index (Phi) is 4.97. The summed E-state index contributed by atoms with van der Waals surface area (Å²) in [5, 5.41) is 3.22. The number of carbonyl (C=O) groups excluding carboxylic acids is 1. The van der Waals surface area contributed by atoms with E-state index in [1.165, 1.54) is 0 Å². The second-order valence-corrected chi connectivity index (χ2v) is 8.79. The van der Waals surface area contributed by atoms with Gasteiger partial charge in [-0.3, -0.25) is 4.79 Å². The smallest absolute Gasteiger partial charge is 0.241 e. The van der Waals surface area contributed by atoms with Crippen LogP contribution >= 0.6 is 34.5 Å². The van der Waals surface area contributed by atoms with E-state index >= 15 is 0 Å². The first-order valence-corrected chi connectivity index (χ1v) is 10.0. The summed E-state index contributed by atoms with van der Waals surface area (Å²) < 4.78 is 37.9. The summed E-state index contributed by atoms with van der Waals surface area (Å²) in [6.07, 6.45) is 0. The third kappa shape index (κ3) is 3.92. The maximum Gasteiger partial charge on any atom is 0.241 e. The molecule has 3 aromatic rings. The minimum atomic E-state index is -3.89. The molecule has 130 valence electrons. The van der Waals surface area contributed by atoms with Crippen LogP contribution in [0, 0.1) is 5.82 Å². The van der Waals surface area contributed by atoms with E-state index in [-0.39, 0.29) is 15.0 Å². The molecule has 0 aliphatic heterocycles. The molecule has 25 heavy (non-hydrogen) atoms. The van der Waals surface area contributed by atoms with Crippen molar-refractivity contribution in [1.29, 1.82) is 0 Å². The first-order valence-electron chi connectivity index (χ1n) is 6.79. The largest absolute Gasteiger partial charge is 0.301 e. The molecule has 0 saturated carbocycles. The van der Waals surface area contributed by atoms with Crippen molar-refractivity contribution in [2.45, 2.75) is 4.90 Å². The standard InChI is InChI=1S/C15H9Cl2FN2O3S2/c16-10-5-6-11-14(13(10)17)20-15(24-11)19-12(21)7-25(22,23)9-3-1-8(18)2-4-9/h1-6H,7H2,(H,19,20,21). The molecule has 5 nitrogen and oxygen atoms in total. The summed E-state index contributed by atoms with van der Waals surface area (Å²) in [4.78, 5) is 16.1. The van der Waals surface area contributed by atoms with Crippen LogP contribution in [0.15, 0.2) is 41.3 Å². The van der Waals surface area contributed by atoms with Crippen LogP contribution in [-0.2, 0) is 14.6 Å². The summed E-state index contributed by atoms with van der Waals surface area (Å²) in [5.74, 6) is -2.11. The number of hydrogen-bond donors (Lipinski definition) is 1. The summed E-state index contributed by atoms with van der Waals surface area (Å²) >= 11 is 13.1. The molecule has 1 amide bonds. The van der Waals surface area contributed by atoms with E-state index in [9.17, 15) is 17.6 Å². The van der Waals surface area contributed by atoms with Crippen molar-refractivity contribution in [1.82, 2.24) is 4.98 Å². The highest BCUT2D eigenvalue weighted by Crippen LogP contribution is 2.35. The first kappa shape index (κ1) is 18.1. The topological polar surface area (TPSA) is 76.1 Å². The van der Waals surface area contributed by atoms with Crippen molar-refractivity contribution >= 4 is 65.6 Å². The van der Waals surface area contributed by atoms with Crippen LogP contribution in [0.5, 0.6) is 0 Å². The van der Waals surface area contributed by atoms with Crippen LogP contribution in [0.1, 0.15) is 0 Å². The Balaban J connectivity index is 1.78. The predicted molar refractivity (Wildman–Crippen MR) is 96.7 cm³/mol. The average molecular weight is 419 g/mol. The summed E-state index contributed by atoms with van der Waals surface area (Å²) in [6.45, 7) is 0. The van der Waals surface area contributed by atoms with Gasteiger partial charge in [0.05, 0.1) is 19.6 Å². The number of fused-ring (bicyclic) bond motifs is 1. The molecule has 1 N–H and O–H groups in total. The molecule has 0 atom stereocenters. The van der Waals surface area contributed by atoms with Gasteiger partial charge in [-0.1, -0.05) is 34.5 Å². The van der Waals surface area contributed by atoms with Crippen molar-refractivity contribution in [3.05, 3.63) is 52.3 Å². The molecule has 10 heteroatoms. The average Bonchev–Trinajstić information content (AvgIpc) is 2.94. The van der Waals surface area contributed by atoms with E-state index in [1.54, 1.807) is 12.1 Å². The molecular formula is C15H9Cl2FN2O3S2. The van der Waals surface area contributed by atoms with Crippen molar-refractivity contribution in [2.75, 3.05) is 11.1 Å². The summed E-state index contributed by atoms with van der Waals surface area (Å²) in [7, 11) is -3.89. The lowest BCUT2D eigenvalue weighted by molar-refractivity contribution is -0.113. The van der Waals surface area contributed by atoms with Crippen LogP contribution in [-0.4, -0.2) is 25.1 Å². The third-order valence-electron chi connectivity index (χ3n) is 3.19. The molecule has 0 saturated heterocycles. The van der Waals surface area contributed by atoms with Crippen LogP contribution in [0.3, 0.4) is 0 Å². The van der Waals surface area contributed by atoms with Gasteiger partial charge in [0.2, 0.25) is 5.91 Å². The molecule has 0 bridgehead atoms. The highest BCUT2D eigenvalue weighted by molar-refractivity contribution is 7.92. The van der Waals surface area contributed by atoms with Crippen molar-refractivity contribution in [2.24, 2.45) is 0 Å². The van der Waals surface area contributed by atoms with Crippen LogP contribution in [0.4, 0.5) is 9.52 Å². The highest BCUT2D eigenvalue weighted by atomic mass is 35.5. The number of amides is 1. The molecule has 0 spiro atoms. The normalized spacial score (nSPS) is 11.6. The molecule has 3 rings (SSSR count). The molecule has 2 aromatic carbocycles. The lowest BCUT2D eigenvalue weighted by Gasteiger charge is -2.04. The Labute approximate surface area is 156 Å². The van der Waals surface area contributed by atoms with Gasteiger partial charge < -0.3 is 5.32 Å². The second-order valence-electron chi connectivity index (χ2n) is 4.99.